The van der Waals surface area contributed by atoms with Crippen LogP contribution in [0.3, 0.4) is 0 Å². The second-order valence-electron chi connectivity index (χ2n) is 8.84. The van der Waals surface area contributed by atoms with E-state index in [1.54, 1.807) is 6.20 Å². The molecule has 2 aliphatic carbocycles. The molecule has 0 spiro atoms. The Balaban J connectivity index is 1.50. The quantitative estimate of drug-likeness (QED) is 0.376. The van der Waals surface area contributed by atoms with E-state index < -0.39 is 0 Å². The average Bonchev–Trinajstić information content (AvgIpc) is 3.48. The largest absolute Gasteiger partial charge is 0.442 e. The van der Waals surface area contributed by atoms with Crippen LogP contribution in [0.25, 0.3) is 17.1 Å². The van der Waals surface area contributed by atoms with Crippen LogP contribution in [0.4, 0.5) is 0 Å². The van der Waals surface area contributed by atoms with Gasteiger partial charge in [0.15, 0.2) is 12.2 Å². The lowest BCUT2D eigenvalue weighted by Gasteiger charge is -2.15. The Kier molecular flexibility index (Phi) is 3.44. The maximum atomic E-state index is 5.59. The maximum Gasteiger partial charge on any atom is 0.181 e. The van der Waals surface area contributed by atoms with Gasteiger partial charge in [-0.1, -0.05) is 40.2 Å². The predicted octanol–water partition coefficient (Wildman–Crippen LogP) is 5.86. The average molecular weight is 471 g/mol. The highest BCUT2D eigenvalue weighted by Gasteiger charge is 2.70. The Hall–Kier alpha value is -2.99. The van der Waals surface area contributed by atoms with Gasteiger partial charge in [0.25, 0.3) is 0 Å². The first-order valence-corrected chi connectivity index (χ1v) is 11.4. The molecule has 7 rings (SSSR count). The van der Waals surface area contributed by atoms with Gasteiger partial charge in [-0.25, -0.2) is 9.97 Å². The van der Waals surface area contributed by atoms with Crippen molar-refractivity contribution >= 4 is 21.6 Å². The van der Waals surface area contributed by atoms with Gasteiger partial charge >= 0.3 is 0 Å². The molecule has 0 unspecified atom stereocenters. The Morgan fingerprint density at radius 3 is 2.71 bits per heavy atom. The van der Waals surface area contributed by atoms with Crippen LogP contribution in [0.15, 0.2) is 75.3 Å². The van der Waals surface area contributed by atoms with Gasteiger partial charge in [-0.05, 0) is 54.9 Å². The molecule has 4 aromatic rings. The van der Waals surface area contributed by atoms with Crippen molar-refractivity contribution in [1.82, 2.24) is 14.5 Å². The van der Waals surface area contributed by atoms with Crippen LogP contribution in [-0.4, -0.2) is 20.2 Å². The summed E-state index contributed by atoms with van der Waals surface area (Å²) in [6.45, 7) is 2.12. The molecule has 6 heteroatoms. The standard InChI is InChI=1S/C25H19BrN4O/c1-14-24-23(21-11-27-13-31-21)28-12-30(24)20-7-6-15(25-9-16(25)10-25)8-18(20)22(29-14)17-4-2-3-5-19(17)26/h2-8,11-14,16H,9-10H2,1H3/t14-,16-,25+/m1/s1. The number of imidazole rings is 1. The molecule has 1 aliphatic heterocycles. The fourth-order valence-electron chi connectivity index (χ4n) is 5.08. The molecule has 0 radical (unpaired) electrons. The Labute approximate surface area is 188 Å². The van der Waals surface area contributed by atoms with Crippen molar-refractivity contribution in [3.05, 3.63) is 88.2 Å². The number of oxazole rings is 1. The summed E-state index contributed by atoms with van der Waals surface area (Å²) in [5.41, 5.74) is 8.07. The summed E-state index contributed by atoms with van der Waals surface area (Å²) < 4.78 is 8.80. The van der Waals surface area contributed by atoms with Gasteiger partial charge in [0, 0.05) is 15.6 Å². The number of rotatable bonds is 3. The summed E-state index contributed by atoms with van der Waals surface area (Å²) in [5.74, 6) is 1.55. The first-order chi connectivity index (χ1) is 15.2. The molecule has 2 aromatic heterocycles. The first kappa shape index (κ1) is 17.7. The highest BCUT2D eigenvalue weighted by molar-refractivity contribution is 9.10. The number of aliphatic imine (C=N–C) groups is 1. The summed E-state index contributed by atoms with van der Waals surface area (Å²) in [5, 5.41) is 0. The molecular weight excluding hydrogens is 452 g/mol. The molecule has 31 heavy (non-hydrogen) atoms. The summed E-state index contributed by atoms with van der Waals surface area (Å²) in [6, 6.07) is 15.1. The zero-order valence-electron chi connectivity index (χ0n) is 16.9. The zero-order valence-corrected chi connectivity index (χ0v) is 18.5. The number of nitrogens with zero attached hydrogens (tertiary/aromatic N) is 4. The van der Waals surface area contributed by atoms with Crippen molar-refractivity contribution < 1.29 is 4.42 Å². The number of halogens is 1. The van der Waals surface area contributed by atoms with E-state index in [1.165, 1.54) is 24.8 Å². The SMILES string of the molecule is C[C@H]1N=C(c2ccccc2Br)c2cc([C@]34C[C@H]3C4)ccc2-n2cnc(-c3cnco3)c21. The van der Waals surface area contributed by atoms with Crippen molar-refractivity contribution in [2.75, 3.05) is 0 Å². The van der Waals surface area contributed by atoms with Gasteiger partial charge in [-0.2, -0.15) is 0 Å². The molecule has 3 aliphatic rings. The summed E-state index contributed by atoms with van der Waals surface area (Å²) in [4.78, 5) is 14.0. The van der Waals surface area contributed by atoms with Crippen LogP contribution in [0.2, 0.25) is 0 Å². The lowest BCUT2D eigenvalue weighted by Crippen LogP contribution is -2.09. The lowest BCUT2D eigenvalue weighted by atomic mass is 9.94. The molecule has 0 N–H and O–H groups in total. The highest BCUT2D eigenvalue weighted by Crippen LogP contribution is 2.75. The second kappa shape index (κ2) is 6.04. The van der Waals surface area contributed by atoms with E-state index in [9.17, 15) is 0 Å². The van der Waals surface area contributed by atoms with Crippen LogP contribution in [0.5, 0.6) is 0 Å². The van der Waals surface area contributed by atoms with Crippen LogP contribution < -0.4 is 0 Å². The number of aromatic nitrogens is 3. The Bertz CT molecular complexity index is 1380. The van der Waals surface area contributed by atoms with Gasteiger partial charge in [0.05, 0.1) is 29.3 Å². The van der Waals surface area contributed by atoms with E-state index >= 15 is 0 Å². The van der Waals surface area contributed by atoms with Crippen LogP contribution in [0.1, 0.15) is 48.2 Å². The third-order valence-electron chi connectivity index (χ3n) is 7.09. The molecule has 0 saturated heterocycles. The first-order valence-electron chi connectivity index (χ1n) is 10.6. The zero-order chi connectivity index (χ0) is 20.7. The third kappa shape index (κ3) is 2.45. The van der Waals surface area contributed by atoms with Crippen LogP contribution in [-0.2, 0) is 5.41 Å². The van der Waals surface area contributed by atoms with Crippen molar-refractivity contribution in [2.45, 2.75) is 31.2 Å². The molecule has 0 bridgehead atoms. The van der Waals surface area contributed by atoms with Crippen molar-refractivity contribution in [3.63, 3.8) is 0 Å². The van der Waals surface area contributed by atoms with Crippen molar-refractivity contribution in [2.24, 2.45) is 10.9 Å². The van der Waals surface area contributed by atoms with E-state index in [-0.39, 0.29) is 6.04 Å². The van der Waals surface area contributed by atoms with E-state index in [0.717, 1.165) is 44.3 Å². The van der Waals surface area contributed by atoms with E-state index in [4.69, 9.17) is 9.41 Å². The maximum absolute atomic E-state index is 5.59. The predicted molar refractivity (Wildman–Crippen MR) is 122 cm³/mol. The monoisotopic (exact) mass is 470 g/mol. The number of hydrogen-bond acceptors (Lipinski definition) is 4. The number of benzene rings is 2. The second-order valence-corrected chi connectivity index (χ2v) is 9.70. The number of hydrogen-bond donors (Lipinski definition) is 0. The summed E-state index contributed by atoms with van der Waals surface area (Å²) >= 11 is 3.76. The number of fused-ring (bicyclic) bond motifs is 4. The van der Waals surface area contributed by atoms with Gasteiger partial charge < -0.3 is 4.42 Å². The minimum atomic E-state index is -0.103. The van der Waals surface area contributed by atoms with E-state index in [1.807, 2.05) is 12.4 Å². The molecule has 5 nitrogen and oxygen atoms in total. The van der Waals surface area contributed by atoms with E-state index in [2.05, 4.69) is 73.8 Å². The fraction of sp³-hybridized carbons (Fsp3) is 0.240. The third-order valence-corrected chi connectivity index (χ3v) is 7.78. The van der Waals surface area contributed by atoms with Gasteiger partial charge in [-0.3, -0.25) is 9.56 Å². The van der Waals surface area contributed by atoms with Crippen LogP contribution in [0, 0.1) is 5.92 Å². The van der Waals surface area contributed by atoms with Crippen LogP contribution >= 0.6 is 15.9 Å². The van der Waals surface area contributed by atoms with Gasteiger partial charge in [0.2, 0.25) is 0 Å². The molecule has 2 aromatic carbocycles. The normalized spacial score (nSPS) is 25.2. The summed E-state index contributed by atoms with van der Waals surface area (Å²) in [7, 11) is 0. The molecular formula is C25H19BrN4O. The molecule has 0 amide bonds. The minimum Gasteiger partial charge on any atom is -0.442 e. The molecule has 2 saturated carbocycles. The van der Waals surface area contributed by atoms with Gasteiger partial charge in [-0.15, -0.1) is 0 Å². The highest BCUT2D eigenvalue weighted by atomic mass is 79.9. The Morgan fingerprint density at radius 2 is 1.97 bits per heavy atom. The molecule has 1 atom stereocenters. The molecule has 2 fully saturated rings. The van der Waals surface area contributed by atoms with Gasteiger partial charge in [0.1, 0.15) is 12.0 Å². The molecule has 152 valence electrons. The fourth-order valence-corrected chi connectivity index (χ4v) is 5.55. The van der Waals surface area contributed by atoms with Crippen molar-refractivity contribution in [1.29, 1.82) is 0 Å². The minimum absolute atomic E-state index is 0.103. The molecule has 3 heterocycles. The topological polar surface area (TPSA) is 56.2 Å². The smallest absolute Gasteiger partial charge is 0.181 e. The Morgan fingerprint density at radius 1 is 1.13 bits per heavy atom. The van der Waals surface area contributed by atoms with Crippen molar-refractivity contribution in [3.8, 4) is 17.1 Å². The van der Waals surface area contributed by atoms with E-state index in [0.29, 0.717) is 11.2 Å². The lowest BCUT2D eigenvalue weighted by molar-refractivity contribution is 0.568. The summed E-state index contributed by atoms with van der Waals surface area (Å²) in [6.07, 6.45) is 7.70.